The molecule has 4 aliphatic rings. The van der Waals surface area contributed by atoms with Crippen LogP contribution < -0.4 is 10.6 Å². The molecule has 2 aromatic carbocycles. The lowest BCUT2D eigenvalue weighted by molar-refractivity contribution is -0.117. The molecule has 10 nitrogen and oxygen atoms in total. The number of nitrogens with one attached hydrogen (secondary N) is 2. The molecule has 2 fully saturated rings. The molecule has 0 unspecified atom stereocenters. The third-order valence-corrected chi connectivity index (χ3v) is 10.1. The zero-order valence-electron chi connectivity index (χ0n) is 30.5. The van der Waals surface area contributed by atoms with Crippen molar-refractivity contribution in [1.29, 1.82) is 0 Å². The van der Waals surface area contributed by atoms with E-state index in [-0.39, 0.29) is 27.3 Å². The molecule has 3 N–H and O–H groups in total. The van der Waals surface area contributed by atoms with Gasteiger partial charge < -0.3 is 39.4 Å². The number of halogens is 1. The second-order valence-corrected chi connectivity index (χ2v) is 14.5. The summed E-state index contributed by atoms with van der Waals surface area (Å²) in [5.41, 5.74) is 7.98. The number of hydrogen-bond donors (Lipinski definition) is 3. The van der Waals surface area contributed by atoms with Gasteiger partial charge in [-0.3, -0.25) is 9.59 Å². The smallest absolute Gasteiger partial charge is 0.357 e. The molecule has 4 heterocycles. The van der Waals surface area contributed by atoms with E-state index < -0.39 is 11.1 Å². The van der Waals surface area contributed by atoms with Crippen LogP contribution in [0.15, 0.2) is 35.8 Å². The quantitative estimate of drug-likeness (QED) is 0.231. The number of thiocarbonyl (C=S) groups is 2. The summed E-state index contributed by atoms with van der Waals surface area (Å²) < 4.78 is 26.1. The van der Waals surface area contributed by atoms with Crippen molar-refractivity contribution in [3.63, 3.8) is 0 Å². The lowest BCUT2D eigenvalue weighted by atomic mass is 9.86. The summed E-state index contributed by atoms with van der Waals surface area (Å²) in [4.78, 5) is 25.4. The highest BCUT2D eigenvalue weighted by atomic mass is 35.5. The highest BCUT2D eigenvalue weighted by molar-refractivity contribution is 7.82. The topological polar surface area (TPSA) is 125 Å². The highest BCUT2D eigenvalue weighted by Gasteiger charge is 2.50. The van der Waals surface area contributed by atoms with E-state index in [2.05, 4.69) is 39.7 Å². The molecule has 0 atom stereocenters. The van der Waals surface area contributed by atoms with Crippen molar-refractivity contribution in [2.75, 3.05) is 40.6 Å². The Kier molecular flexibility index (Phi) is 13.3. The molecule has 6 rings (SSSR count). The van der Waals surface area contributed by atoms with Crippen LogP contribution in [0.5, 0.6) is 0 Å². The van der Waals surface area contributed by atoms with E-state index in [1.54, 1.807) is 0 Å². The number of aliphatic hydroxyl groups is 1. The van der Waals surface area contributed by atoms with Crippen LogP contribution in [0.2, 0.25) is 0 Å². The number of benzene rings is 2. The number of hydrogen-bond acceptors (Lipinski definition) is 10. The Morgan fingerprint density at radius 1 is 0.706 bits per heavy atom. The molecule has 0 radical (unpaired) electrons. The average Bonchev–Trinajstić information content (AvgIpc) is 3.44. The second kappa shape index (κ2) is 16.9. The molecule has 0 saturated carbocycles. The number of aliphatic hydroxyl groups excluding tert-OH is 1. The van der Waals surface area contributed by atoms with E-state index in [0.717, 1.165) is 44.5 Å². The third kappa shape index (κ3) is 8.74. The molecule has 4 aliphatic heterocycles. The Morgan fingerprint density at radius 3 is 1.49 bits per heavy atom. The number of methoxy groups -OCH3 is 2. The summed E-state index contributed by atoms with van der Waals surface area (Å²) in [5.74, 6) is 0.434. The molecule has 276 valence electrons. The van der Waals surface area contributed by atoms with Gasteiger partial charge in [-0.05, 0) is 98.7 Å². The van der Waals surface area contributed by atoms with Gasteiger partial charge in [0.05, 0.1) is 25.4 Å². The Labute approximate surface area is 315 Å². The van der Waals surface area contributed by atoms with E-state index in [0.29, 0.717) is 69.0 Å². The van der Waals surface area contributed by atoms with Crippen molar-refractivity contribution >= 4 is 68.7 Å². The monoisotopic (exact) mass is 758 g/mol. The summed E-state index contributed by atoms with van der Waals surface area (Å²) in [7, 11) is 2.89. The maximum Gasteiger partial charge on any atom is 0.357 e. The fourth-order valence-corrected chi connectivity index (χ4v) is 7.48. The maximum atomic E-state index is 12.9. The zero-order valence-corrected chi connectivity index (χ0v) is 32.9. The standard InChI is InChI=1S/C19H23NO4S.C17H21NO3.C2H3ClOS/c1-11-9-12(2)14(13(3)10-11)15-16(24-18(25)22-4)19(20-17(15)21)5-7-23-8-6-19;1-10-8-11(2)13(12(3)9-10)14-15(19)17(18-16(14)20)4-6-21-7-5-17;1-4-2(3)5/h9-10H,5-8H2,1-4H3,(H,20,21);8-9,19H,4-7H2,1-3H3,(H,18,20);1H3. The van der Waals surface area contributed by atoms with E-state index in [1.807, 2.05) is 53.7 Å². The van der Waals surface area contributed by atoms with Gasteiger partial charge in [0.25, 0.3) is 16.3 Å². The minimum absolute atomic E-state index is 0.0114. The van der Waals surface area contributed by atoms with Gasteiger partial charge in [0.1, 0.15) is 22.6 Å². The number of amides is 2. The molecule has 51 heavy (non-hydrogen) atoms. The fourth-order valence-electron chi connectivity index (χ4n) is 7.40. The Hall–Kier alpha value is -3.55. The minimum Gasteiger partial charge on any atom is -0.509 e. The van der Waals surface area contributed by atoms with Gasteiger partial charge in [-0.15, -0.1) is 0 Å². The predicted octanol–water partition coefficient (Wildman–Crippen LogP) is 6.67. The zero-order chi connectivity index (χ0) is 37.7. The summed E-state index contributed by atoms with van der Waals surface area (Å²) in [6, 6.07) is 8.24. The number of carbonyl (C=O) groups excluding carboxylic acids is 2. The van der Waals surface area contributed by atoms with E-state index in [9.17, 15) is 14.7 Å². The number of aryl methyl sites for hydroxylation is 6. The molecule has 13 heteroatoms. The molecule has 0 aliphatic carbocycles. The maximum absolute atomic E-state index is 12.9. The molecular formula is C38H47ClN2O8S2. The van der Waals surface area contributed by atoms with Crippen LogP contribution in [0.3, 0.4) is 0 Å². The van der Waals surface area contributed by atoms with Gasteiger partial charge >= 0.3 is 5.24 Å². The van der Waals surface area contributed by atoms with Gasteiger partial charge in [-0.1, -0.05) is 35.4 Å². The number of carbonyl (C=O) groups is 2. The van der Waals surface area contributed by atoms with E-state index in [1.165, 1.54) is 14.2 Å². The van der Waals surface area contributed by atoms with Gasteiger partial charge in [0.15, 0.2) is 0 Å². The van der Waals surface area contributed by atoms with Gasteiger partial charge in [-0.25, -0.2) is 0 Å². The molecule has 2 aromatic rings. The van der Waals surface area contributed by atoms with Crippen molar-refractivity contribution in [2.24, 2.45) is 0 Å². The summed E-state index contributed by atoms with van der Waals surface area (Å²) in [5, 5.41) is 16.9. The molecule has 2 saturated heterocycles. The SMILES string of the molecule is COC(=S)Cl.COC(=S)OC1=C(c2c(C)cc(C)cc2C)C(=O)NC12CCOCC2.Cc1cc(C)c(C2=C(O)C3(CCOCC3)NC2=O)c(C)c1. The molecule has 0 aromatic heterocycles. The van der Waals surface area contributed by atoms with E-state index >= 15 is 0 Å². The van der Waals surface area contributed by atoms with Gasteiger partial charge in [-0.2, -0.15) is 0 Å². The van der Waals surface area contributed by atoms with Crippen LogP contribution in [-0.4, -0.2) is 78.4 Å². The fraction of sp³-hybridized carbons (Fsp3) is 0.474. The van der Waals surface area contributed by atoms with Crippen LogP contribution in [0.4, 0.5) is 0 Å². The number of ether oxygens (including phenoxy) is 5. The third-order valence-electron chi connectivity index (χ3n) is 9.57. The molecule has 2 amide bonds. The molecular weight excluding hydrogens is 712 g/mol. The van der Waals surface area contributed by atoms with Crippen molar-refractivity contribution in [3.8, 4) is 0 Å². The minimum atomic E-state index is -0.631. The summed E-state index contributed by atoms with van der Waals surface area (Å²) >= 11 is 14.3. The van der Waals surface area contributed by atoms with Crippen LogP contribution >= 0.6 is 36.0 Å². The first-order chi connectivity index (χ1) is 24.1. The van der Waals surface area contributed by atoms with Crippen molar-refractivity contribution in [3.05, 3.63) is 80.3 Å². The summed E-state index contributed by atoms with van der Waals surface area (Å²) in [6.45, 7) is 14.3. The molecule has 2 spiro atoms. The van der Waals surface area contributed by atoms with Crippen LogP contribution in [0, 0.1) is 41.5 Å². The largest absolute Gasteiger partial charge is 0.509 e. The summed E-state index contributed by atoms with van der Waals surface area (Å²) in [6.07, 6.45) is 2.54. The normalized spacial score (nSPS) is 18.7. The lowest BCUT2D eigenvalue weighted by Gasteiger charge is -2.34. The average molecular weight is 759 g/mol. The first kappa shape index (κ1) is 40.2. The van der Waals surface area contributed by atoms with Crippen LogP contribution in [-0.2, 0) is 33.3 Å². The van der Waals surface area contributed by atoms with Crippen LogP contribution in [0.25, 0.3) is 11.1 Å². The van der Waals surface area contributed by atoms with Crippen molar-refractivity contribution in [1.82, 2.24) is 10.6 Å². The van der Waals surface area contributed by atoms with Crippen molar-refractivity contribution < 1.29 is 38.4 Å². The first-order valence-electron chi connectivity index (χ1n) is 16.7. The lowest BCUT2D eigenvalue weighted by Crippen LogP contribution is -2.49. The second-order valence-electron chi connectivity index (χ2n) is 13.3. The van der Waals surface area contributed by atoms with Crippen molar-refractivity contribution in [2.45, 2.75) is 78.3 Å². The van der Waals surface area contributed by atoms with Gasteiger partial charge in [0, 0.05) is 64.3 Å². The van der Waals surface area contributed by atoms with Crippen LogP contribution in [0.1, 0.15) is 70.2 Å². The van der Waals surface area contributed by atoms with E-state index in [4.69, 9.17) is 42.8 Å². The number of rotatable bonds is 3. The highest BCUT2D eigenvalue weighted by Crippen LogP contribution is 2.43. The Balaban J connectivity index is 0.000000204. The first-order valence-corrected chi connectivity index (χ1v) is 17.9. The molecule has 0 bridgehead atoms. The Morgan fingerprint density at radius 2 is 1.08 bits per heavy atom. The Bertz CT molecular complexity index is 1730. The predicted molar refractivity (Wildman–Crippen MR) is 206 cm³/mol. The van der Waals surface area contributed by atoms with Gasteiger partial charge in [0.2, 0.25) is 0 Å².